The molecule has 1 aromatic heterocycles. The van der Waals surface area contributed by atoms with E-state index in [0.29, 0.717) is 17.5 Å². The molecule has 3 rings (SSSR count). The first-order chi connectivity index (χ1) is 11.3. The highest BCUT2D eigenvalue weighted by Crippen LogP contribution is 2.31. The fourth-order valence-electron chi connectivity index (χ4n) is 4.16. The Morgan fingerprint density at radius 3 is 1.65 bits per heavy atom. The van der Waals surface area contributed by atoms with Gasteiger partial charge in [0.15, 0.2) is 5.69 Å². The largest absolute Gasteiger partial charge is 0.405 e. The van der Waals surface area contributed by atoms with Crippen LogP contribution in [-0.2, 0) is 0 Å². The van der Waals surface area contributed by atoms with Gasteiger partial charge >= 0.3 is 5.63 Å². The van der Waals surface area contributed by atoms with Crippen molar-refractivity contribution in [2.75, 3.05) is 0 Å². The topological polar surface area (TPSA) is 56.0 Å². The van der Waals surface area contributed by atoms with Gasteiger partial charge in [-0.3, -0.25) is 0 Å². The molecular formula is C19H30N2O2. The molecule has 0 bridgehead atoms. The van der Waals surface area contributed by atoms with Crippen LogP contribution in [0.1, 0.15) is 113 Å². The van der Waals surface area contributed by atoms with Crippen molar-refractivity contribution in [3.63, 3.8) is 0 Å². The van der Waals surface area contributed by atoms with Gasteiger partial charge in [-0.05, 0) is 25.7 Å². The first-order valence-electron chi connectivity index (χ1n) is 9.72. The maximum atomic E-state index is 12.5. The molecule has 4 nitrogen and oxygen atoms in total. The molecule has 1 heterocycles. The Labute approximate surface area is 139 Å². The molecule has 0 aromatic carbocycles. The Bertz CT molecular complexity index is 524. The van der Waals surface area contributed by atoms with Crippen LogP contribution in [0.25, 0.3) is 0 Å². The molecule has 2 aliphatic carbocycles. The number of hydrogen-bond acceptors (Lipinski definition) is 4. The van der Waals surface area contributed by atoms with Crippen molar-refractivity contribution in [2.24, 2.45) is 0 Å². The van der Waals surface area contributed by atoms with E-state index in [1.54, 1.807) is 0 Å². The van der Waals surface area contributed by atoms with E-state index in [0.717, 1.165) is 25.7 Å². The van der Waals surface area contributed by atoms with Gasteiger partial charge in [-0.25, -0.2) is 4.79 Å². The number of rotatable bonds is 2. The third kappa shape index (κ3) is 4.65. The Balaban J connectivity index is 1.72. The summed E-state index contributed by atoms with van der Waals surface area (Å²) in [4.78, 5) is 12.5. The van der Waals surface area contributed by atoms with Gasteiger partial charge in [0.1, 0.15) is 0 Å². The van der Waals surface area contributed by atoms with Gasteiger partial charge in [0.2, 0.25) is 5.89 Å². The lowest BCUT2D eigenvalue weighted by Gasteiger charge is -2.19. The van der Waals surface area contributed by atoms with Crippen LogP contribution in [-0.4, -0.2) is 10.2 Å². The van der Waals surface area contributed by atoms with Gasteiger partial charge < -0.3 is 4.42 Å². The van der Waals surface area contributed by atoms with Gasteiger partial charge in [0.25, 0.3) is 0 Å². The minimum absolute atomic E-state index is 0.220. The summed E-state index contributed by atoms with van der Waals surface area (Å²) in [5, 5.41) is 8.70. The van der Waals surface area contributed by atoms with Gasteiger partial charge in [-0.1, -0.05) is 64.2 Å². The molecule has 23 heavy (non-hydrogen) atoms. The molecule has 0 radical (unpaired) electrons. The van der Waals surface area contributed by atoms with Gasteiger partial charge in [-0.2, -0.15) is 0 Å². The second kappa shape index (κ2) is 8.60. The summed E-state index contributed by atoms with van der Waals surface area (Å²) in [7, 11) is 0. The zero-order chi connectivity index (χ0) is 15.9. The smallest absolute Gasteiger partial charge is 0.361 e. The van der Waals surface area contributed by atoms with E-state index in [-0.39, 0.29) is 11.5 Å². The van der Waals surface area contributed by atoms with Crippen molar-refractivity contribution >= 4 is 0 Å². The summed E-state index contributed by atoms with van der Waals surface area (Å²) in [6.45, 7) is 0. The summed E-state index contributed by atoms with van der Waals surface area (Å²) in [5.74, 6) is 1.14. The van der Waals surface area contributed by atoms with E-state index in [9.17, 15) is 4.79 Å². The molecule has 0 atom stereocenters. The fraction of sp³-hybridized carbons (Fsp3) is 0.842. The molecule has 2 aliphatic rings. The average molecular weight is 318 g/mol. The van der Waals surface area contributed by atoms with E-state index in [1.807, 2.05) is 0 Å². The molecule has 2 fully saturated rings. The normalized spacial score (nSPS) is 22.8. The third-order valence-electron chi connectivity index (χ3n) is 5.61. The van der Waals surface area contributed by atoms with Crippen LogP contribution in [0.5, 0.6) is 0 Å². The molecule has 1 aromatic rings. The van der Waals surface area contributed by atoms with E-state index < -0.39 is 0 Å². The number of nitrogens with zero attached hydrogens (tertiary/aromatic N) is 2. The summed E-state index contributed by atoms with van der Waals surface area (Å²) < 4.78 is 5.64. The average Bonchev–Trinajstić information content (AvgIpc) is 2.47. The van der Waals surface area contributed by atoms with E-state index in [1.165, 1.54) is 64.2 Å². The molecule has 0 aliphatic heterocycles. The molecule has 128 valence electrons. The second-order valence-electron chi connectivity index (χ2n) is 7.40. The maximum Gasteiger partial charge on any atom is 0.361 e. The number of aromatic nitrogens is 2. The zero-order valence-corrected chi connectivity index (χ0v) is 14.3. The molecular weight excluding hydrogens is 288 g/mol. The van der Waals surface area contributed by atoms with Crippen LogP contribution in [0.3, 0.4) is 0 Å². The van der Waals surface area contributed by atoms with Crippen LogP contribution < -0.4 is 5.63 Å². The SMILES string of the molecule is O=c1oc(C2CCCCCCC2)nnc1C1CCCCCCC1. The summed E-state index contributed by atoms with van der Waals surface area (Å²) >= 11 is 0. The van der Waals surface area contributed by atoms with Crippen LogP contribution in [0.2, 0.25) is 0 Å². The van der Waals surface area contributed by atoms with E-state index in [2.05, 4.69) is 10.2 Å². The quantitative estimate of drug-likeness (QED) is 0.762. The van der Waals surface area contributed by atoms with Crippen molar-refractivity contribution in [3.05, 3.63) is 22.0 Å². The molecule has 2 saturated carbocycles. The monoisotopic (exact) mass is 318 g/mol. The summed E-state index contributed by atoms with van der Waals surface area (Å²) in [5.41, 5.74) is 0.365. The second-order valence-corrected chi connectivity index (χ2v) is 7.40. The van der Waals surface area contributed by atoms with E-state index >= 15 is 0 Å². The van der Waals surface area contributed by atoms with E-state index in [4.69, 9.17) is 4.42 Å². The van der Waals surface area contributed by atoms with Crippen molar-refractivity contribution in [2.45, 2.75) is 102 Å². The van der Waals surface area contributed by atoms with Crippen LogP contribution in [0, 0.1) is 0 Å². The lowest BCUT2D eigenvalue weighted by molar-refractivity contribution is 0.325. The van der Waals surface area contributed by atoms with Crippen LogP contribution in [0.4, 0.5) is 0 Å². The Hall–Kier alpha value is -1.19. The lowest BCUT2D eigenvalue weighted by Crippen LogP contribution is -2.20. The minimum atomic E-state index is -0.220. The van der Waals surface area contributed by atoms with Gasteiger partial charge in [-0.15, -0.1) is 10.2 Å². The lowest BCUT2D eigenvalue weighted by atomic mass is 9.89. The minimum Gasteiger partial charge on any atom is -0.405 e. The Morgan fingerprint density at radius 2 is 1.13 bits per heavy atom. The Kier molecular flexibility index (Phi) is 6.23. The van der Waals surface area contributed by atoms with Crippen LogP contribution >= 0.6 is 0 Å². The maximum absolute atomic E-state index is 12.5. The fourth-order valence-corrected chi connectivity index (χ4v) is 4.16. The highest BCUT2D eigenvalue weighted by Gasteiger charge is 2.23. The molecule has 0 saturated heterocycles. The molecule has 0 amide bonds. The predicted octanol–water partition coefficient (Wildman–Crippen LogP) is 5.09. The predicted molar refractivity (Wildman–Crippen MR) is 90.7 cm³/mol. The van der Waals surface area contributed by atoms with Gasteiger partial charge in [0, 0.05) is 11.8 Å². The molecule has 0 spiro atoms. The molecule has 4 heteroatoms. The first kappa shape index (κ1) is 16.7. The number of hydrogen-bond donors (Lipinski definition) is 0. The highest BCUT2D eigenvalue weighted by molar-refractivity contribution is 5.02. The Morgan fingerprint density at radius 1 is 0.652 bits per heavy atom. The van der Waals surface area contributed by atoms with Crippen molar-refractivity contribution in [1.29, 1.82) is 0 Å². The zero-order valence-electron chi connectivity index (χ0n) is 14.3. The third-order valence-corrected chi connectivity index (χ3v) is 5.61. The summed E-state index contributed by atoms with van der Waals surface area (Å²) in [6.07, 6.45) is 16.9. The summed E-state index contributed by atoms with van der Waals surface area (Å²) in [6, 6.07) is 0. The molecule has 0 N–H and O–H groups in total. The standard InChI is InChI=1S/C19H30N2O2/c22-19-17(15-11-7-3-1-4-8-12-15)20-21-18(23-19)16-13-9-5-2-6-10-14-16/h15-16H,1-14H2. The molecule has 0 unspecified atom stereocenters. The highest BCUT2D eigenvalue weighted by atomic mass is 16.4. The van der Waals surface area contributed by atoms with Crippen molar-refractivity contribution < 1.29 is 4.42 Å². The van der Waals surface area contributed by atoms with Gasteiger partial charge in [0.05, 0.1) is 0 Å². The van der Waals surface area contributed by atoms with Crippen molar-refractivity contribution in [3.8, 4) is 0 Å². The van der Waals surface area contributed by atoms with Crippen molar-refractivity contribution in [1.82, 2.24) is 10.2 Å². The van der Waals surface area contributed by atoms with Crippen LogP contribution in [0.15, 0.2) is 9.21 Å². The first-order valence-corrected chi connectivity index (χ1v) is 9.72.